The summed E-state index contributed by atoms with van der Waals surface area (Å²) in [4.78, 5) is 23.7. The van der Waals surface area contributed by atoms with Gasteiger partial charge >= 0.3 is 11.9 Å². The highest BCUT2D eigenvalue weighted by molar-refractivity contribution is 5.95. The molecule has 0 fully saturated rings. The molecule has 0 saturated heterocycles. The molecular weight excluding hydrogens is 268 g/mol. The van der Waals surface area contributed by atoms with E-state index in [4.69, 9.17) is 9.47 Å². The maximum Gasteiger partial charge on any atom is 0.320 e. The van der Waals surface area contributed by atoms with E-state index in [1.807, 2.05) is 0 Å². The molecule has 1 aromatic rings. The van der Waals surface area contributed by atoms with Crippen molar-refractivity contribution in [1.82, 2.24) is 0 Å². The summed E-state index contributed by atoms with van der Waals surface area (Å²) in [6.07, 6.45) is 2.05. The Morgan fingerprint density at radius 3 is 1.76 bits per heavy atom. The average molecular weight is 292 g/mol. The number of hydrogen-bond donors (Lipinski definition) is 0. The fourth-order valence-corrected chi connectivity index (χ4v) is 2.62. The monoisotopic (exact) mass is 292 g/mol. The lowest BCUT2D eigenvalue weighted by atomic mass is 9.88. The molecule has 0 aliphatic carbocycles. The van der Waals surface area contributed by atoms with Crippen LogP contribution in [0.15, 0.2) is 12.1 Å². The maximum absolute atomic E-state index is 11.9. The van der Waals surface area contributed by atoms with Gasteiger partial charge in [0.05, 0.1) is 14.2 Å². The molecule has 0 radical (unpaired) electrons. The third-order valence-corrected chi connectivity index (χ3v) is 3.72. The van der Waals surface area contributed by atoms with Crippen LogP contribution in [0.3, 0.4) is 0 Å². The van der Waals surface area contributed by atoms with Gasteiger partial charge in [-0.05, 0) is 42.9 Å². The summed E-state index contributed by atoms with van der Waals surface area (Å²) in [5, 5.41) is 0. The second kappa shape index (κ2) is 7.81. The van der Waals surface area contributed by atoms with Crippen molar-refractivity contribution < 1.29 is 19.1 Å². The van der Waals surface area contributed by atoms with Gasteiger partial charge in [0.15, 0.2) is 5.92 Å². The van der Waals surface area contributed by atoms with E-state index in [9.17, 15) is 9.59 Å². The second-order valence-electron chi connectivity index (χ2n) is 5.07. The van der Waals surface area contributed by atoms with Gasteiger partial charge in [-0.2, -0.15) is 0 Å². The largest absolute Gasteiger partial charge is 0.468 e. The Hall–Kier alpha value is -1.84. The molecule has 0 aromatic heterocycles. The van der Waals surface area contributed by atoms with E-state index < -0.39 is 17.9 Å². The van der Waals surface area contributed by atoms with Gasteiger partial charge in [-0.15, -0.1) is 0 Å². The van der Waals surface area contributed by atoms with Gasteiger partial charge in [0.1, 0.15) is 0 Å². The predicted molar refractivity (Wildman–Crippen MR) is 81.2 cm³/mol. The number of carbonyl (C=O) groups is 2. The van der Waals surface area contributed by atoms with E-state index in [0.717, 1.165) is 18.4 Å². The minimum atomic E-state index is -0.904. The van der Waals surface area contributed by atoms with Crippen LogP contribution in [0.5, 0.6) is 0 Å². The summed E-state index contributed by atoms with van der Waals surface area (Å²) < 4.78 is 9.48. The Bertz CT molecular complexity index is 479. The van der Waals surface area contributed by atoms with Crippen LogP contribution in [-0.4, -0.2) is 26.2 Å². The quantitative estimate of drug-likeness (QED) is 0.597. The van der Waals surface area contributed by atoms with E-state index in [2.05, 4.69) is 32.9 Å². The van der Waals surface area contributed by atoms with E-state index >= 15 is 0 Å². The van der Waals surface area contributed by atoms with Crippen LogP contribution in [0, 0.1) is 12.8 Å². The Morgan fingerprint density at radius 1 is 1.00 bits per heavy atom. The van der Waals surface area contributed by atoms with Crippen LogP contribution < -0.4 is 0 Å². The number of methoxy groups -OCH3 is 2. The Balaban J connectivity index is 3.24. The van der Waals surface area contributed by atoms with Crippen LogP contribution in [0.4, 0.5) is 0 Å². The SMILES string of the molecule is CCc1cc(C)cc(CC)c1CC(C(=O)OC)C(=O)OC. The second-order valence-corrected chi connectivity index (χ2v) is 5.07. The van der Waals surface area contributed by atoms with E-state index in [1.54, 1.807) is 0 Å². The lowest BCUT2D eigenvalue weighted by Gasteiger charge is -2.18. The summed E-state index contributed by atoms with van der Waals surface area (Å²) in [7, 11) is 2.57. The summed E-state index contributed by atoms with van der Waals surface area (Å²) in [5.41, 5.74) is 4.60. The third kappa shape index (κ3) is 4.06. The summed E-state index contributed by atoms with van der Waals surface area (Å²) in [6.45, 7) is 6.20. The molecule has 0 spiro atoms. The first-order valence-electron chi connectivity index (χ1n) is 7.25. The average Bonchev–Trinajstić information content (AvgIpc) is 2.51. The molecule has 0 aliphatic rings. The van der Waals surface area contributed by atoms with Crippen molar-refractivity contribution in [2.75, 3.05) is 14.2 Å². The molecule has 116 valence electrons. The lowest BCUT2D eigenvalue weighted by Crippen LogP contribution is -2.29. The smallest absolute Gasteiger partial charge is 0.320 e. The van der Waals surface area contributed by atoms with Gasteiger partial charge in [0.2, 0.25) is 0 Å². The highest BCUT2D eigenvalue weighted by Crippen LogP contribution is 2.23. The van der Waals surface area contributed by atoms with Gasteiger partial charge in [-0.1, -0.05) is 31.5 Å². The molecule has 4 nitrogen and oxygen atoms in total. The molecular formula is C17H24O4. The van der Waals surface area contributed by atoms with E-state index in [1.165, 1.54) is 30.9 Å². The van der Waals surface area contributed by atoms with E-state index in [-0.39, 0.29) is 0 Å². The van der Waals surface area contributed by atoms with Crippen molar-refractivity contribution in [1.29, 1.82) is 0 Å². The van der Waals surface area contributed by atoms with Crippen LogP contribution >= 0.6 is 0 Å². The molecule has 0 amide bonds. The van der Waals surface area contributed by atoms with Crippen LogP contribution in [0.25, 0.3) is 0 Å². The molecule has 4 heteroatoms. The summed E-state index contributed by atoms with van der Waals surface area (Å²) in [5.74, 6) is -2.00. The number of esters is 2. The molecule has 0 saturated carbocycles. The topological polar surface area (TPSA) is 52.6 Å². The zero-order chi connectivity index (χ0) is 16.0. The van der Waals surface area contributed by atoms with Gasteiger partial charge < -0.3 is 9.47 Å². The maximum atomic E-state index is 11.9. The Labute approximate surface area is 126 Å². The van der Waals surface area contributed by atoms with Crippen molar-refractivity contribution in [3.8, 4) is 0 Å². The Morgan fingerprint density at radius 2 is 1.43 bits per heavy atom. The highest BCUT2D eigenvalue weighted by atomic mass is 16.5. The standard InChI is InChI=1S/C17H24O4/c1-6-12-8-11(3)9-13(7-2)14(12)10-15(16(18)20-4)17(19)21-5/h8-9,15H,6-7,10H2,1-5H3. The molecule has 0 unspecified atom stereocenters. The fourth-order valence-electron chi connectivity index (χ4n) is 2.62. The summed E-state index contributed by atoms with van der Waals surface area (Å²) >= 11 is 0. The number of hydrogen-bond acceptors (Lipinski definition) is 4. The number of rotatable bonds is 6. The number of benzene rings is 1. The first-order chi connectivity index (χ1) is 9.98. The van der Waals surface area contributed by atoms with Crippen molar-refractivity contribution in [2.24, 2.45) is 5.92 Å². The predicted octanol–water partition coefficient (Wildman–Crippen LogP) is 2.62. The van der Waals surface area contributed by atoms with E-state index in [0.29, 0.717) is 6.42 Å². The zero-order valence-corrected chi connectivity index (χ0v) is 13.5. The molecule has 21 heavy (non-hydrogen) atoms. The molecule has 0 atom stereocenters. The van der Waals surface area contributed by atoms with Crippen LogP contribution in [0.2, 0.25) is 0 Å². The van der Waals surface area contributed by atoms with Gasteiger partial charge in [-0.25, -0.2) is 0 Å². The molecule has 0 heterocycles. The summed E-state index contributed by atoms with van der Waals surface area (Å²) in [6, 6.07) is 4.22. The molecule has 0 bridgehead atoms. The van der Waals surface area contributed by atoms with Crippen LogP contribution in [-0.2, 0) is 38.3 Å². The van der Waals surface area contributed by atoms with Crippen molar-refractivity contribution in [2.45, 2.75) is 40.0 Å². The number of aryl methyl sites for hydroxylation is 3. The highest BCUT2D eigenvalue weighted by Gasteiger charge is 2.30. The van der Waals surface area contributed by atoms with Gasteiger partial charge in [0, 0.05) is 0 Å². The lowest BCUT2D eigenvalue weighted by molar-refractivity contribution is -0.158. The van der Waals surface area contributed by atoms with Crippen molar-refractivity contribution in [3.05, 3.63) is 34.4 Å². The normalized spacial score (nSPS) is 10.6. The number of carbonyl (C=O) groups excluding carboxylic acids is 2. The van der Waals surface area contributed by atoms with Gasteiger partial charge in [0.25, 0.3) is 0 Å². The number of ether oxygens (including phenoxy) is 2. The minimum absolute atomic E-state index is 0.325. The van der Waals surface area contributed by atoms with Crippen molar-refractivity contribution >= 4 is 11.9 Å². The molecule has 0 N–H and O–H groups in total. The minimum Gasteiger partial charge on any atom is -0.468 e. The zero-order valence-electron chi connectivity index (χ0n) is 13.5. The van der Waals surface area contributed by atoms with Gasteiger partial charge in [-0.3, -0.25) is 9.59 Å². The molecule has 1 aromatic carbocycles. The Kier molecular flexibility index (Phi) is 6.40. The first kappa shape index (κ1) is 17.2. The molecule has 0 aliphatic heterocycles. The fraction of sp³-hybridized carbons (Fsp3) is 0.529. The first-order valence-corrected chi connectivity index (χ1v) is 7.25. The molecule has 1 rings (SSSR count). The van der Waals surface area contributed by atoms with Crippen molar-refractivity contribution in [3.63, 3.8) is 0 Å². The van der Waals surface area contributed by atoms with Crippen LogP contribution in [0.1, 0.15) is 36.1 Å². The third-order valence-electron chi connectivity index (χ3n) is 3.72.